The number of rotatable bonds is 7. The van der Waals surface area contributed by atoms with Crippen LogP contribution in [0.1, 0.15) is 25.7 Å². The van der Waals surface area contributed by atoms with E-state index in [-0.39, 0.29) is 17.8 Å². The smallest absolute Gasteiger partial charge is 0.324 e. The lowest BCUT2D eigenvalue weighted by molar-refractivity contribution is -0.161. The summed E-state index contributed by atoms with van der Waals surface area (Å²) in [5, 5.41) is 4.93. The van der Waals surface area contributed by atoms with E-state index in [1.165, 1.54) is 11.8 Å². The first-order chi connectivity index (χ1) is 12.3. The molecule has 3 rings (SSSR count). The van der Waals surface area contributed by atoms with Crippen molar-refractivity contribution in [3.05, 3.63) is 0 Å². The third-order valence-electron chi connectivity index (χ3n) is 4.94. The molecule has 0 spiro atoms. The molecule has 3 saturated heterocycles. The monoisotopic (exact) mass is 388 g/mol. The van der Waals surface area contributed by atoms with Crippen LogP contribution < -0.4 is 27.8 Å². The summed E-state index contributed by atoms with van der Waals surface area (Å²) in [6, 6.07) is -2.25. The van der Waals surface area contributed by atoms with Gasteiger partial charge in [-0.2, -0.15) is 0 Å². The molecule has 148 valence electrons. The van der Waals surface area contributed by atoms with Gasteiger partial charge in [0.1, 0.15) is 6.04 Å². The molecule has 2 bridgehead atoms. The number of nitrogens with zero attached hydrogens (tertiary/aromatic N) is 1. The van der Waals surface area contributed by atoms with E-state index in [1.807, 2.05) is 0 Å². The predicted molar refractivity (Wildman–Crippen MR) is 97.9 cm³/mol. The average molecular weight is 388 g/mol. The topological polar surface area (TPSA) is 166 Å². The zero-order valence-electron chi connectivity index (χ0n) is 14.8. The van der Waals surface area contributed by atoms with Gasteiger partial charge >= 0.3 is 18.0 Å². The molecule has 0 aromatic heterocycles. The Hall–Kier alpha value is -1.72. The maximum Gasteiger partial charge on any atom is 0.324 e. The van der Waals surface area contributed by atoms with Crippen LogP contribution in [0.2, 0.25) is 0 Å². The summed E-state index contributed by atoms with van der Waals surface area (Å²) in [6.45, 7) is 1.59. The normalized spacial score (nSPS) is 29.9. The van der Waals surface area contributed by atoms with E-state index in [2.05, 4.69) is 15.5 Å². The van der Waals surface area contributed by atoms with Gasteiger partial charge in [-0.05, 0) is 25.0 Å². The van der Waals surface area contributed by atoms with Crippen LogP contribution in [0, 0.1) is 5.92 Å². The second-order valence-electron chi connectivity index (χ2n) is 6.69. The predicted octanol–water partition coefficient (Wildman–Crippen LogP) is -0.917. The van der Waals surface area contributed by atoms with E-state index in [4.69, 9.17) is 21.9 Å². The zero-order chi connectivity index (χ0) is 19.3. The molecule has 0 aliphatic carbocycles. The van der Waals surface area contributed by atoms with Gasteiger partial charge in [-0.1, -0.05) is 0 Å². The van der Waals surface area contributed by atoms with Gasteiger partial charge in [0.2, 0.25) is 0 Å². The maximum absolute atomic E-state index is 12.4. The molecule has 8 N–H and O–H groups in total. The Morgan fingerprint density at radius 2 is 1.88 bits per heavy atom. The molecule has 0 radical (unpaired) electrons. The molecular formula is C15H28N6O4S. The number of ether oxygens (including phenoxy) is 1. The third kappa shape index (κ3) is 5.64. The highest BCUT2D eigenvalue weighted by atomic mass is 32.2. The van der Waals surface area contributed by atoms with Crippen LogP contribution >= 0.6 is 11.8 Å². The fraction of sp³-hybridized carbons (Fsp3) is 0.800. The van der Waals surface area contributed by atoms with Crippen molar-refractivity contribution in [1.29, 1.82) is 0 Å². The van der Waals surface area contributed by atoms with Gasteiger partial charge in [0, 0.05) is 32.0 Å². The number of nitrogens with one attached hydrogen (secondary N) is 2. The van der Waals surface area contributed by atoms with Crippen molar-refractivity contribution >= 4 is 29.8 Å². The Morgan fingerprint density at radius 3 is 2.42 bits per heavy atom. The number of hydrogen-bond donors (Lipinski definition) is 5. The zero-order valence-corrected chi connectivity index (χ0v) is 15.7. The summed E-state index contributed by atoms with van der Waals surface area (Å²) >= 11 is 1.34. The van der Waals surface area contributed by atoms with Crippen LogP contribution in [0.25, 0.3) is 0 Å². The number of thioether (sulfide) groups is 1. The molecule has 11 heteroatoms. The number of fused-ring (bicyclic) bond motifs is 4. The van der Waals surface area contributed by atoms with E-state index in [0.29, 0.717) is 12.3 Å². The van der Waals surface area contributed by atoms with Gasteiger partial charge in [0.25, 0.3) is 0 Å². The van der Waals surface area contributed by atoms with Crippen molar-refractivity contribution in [2.45, 2.75) is 49.4 Å². The minimum Gasteiger partial charge on any atom is -0.445 e. The third-order valence-corrected chi connectivity index (χ3v) is 5.82. The highest BCUT2D eigenvalue weighted by molar-refractivity contribution is 7.99. The van der Waals surface area contributed by atoms with E-state index >= 15 is 0 Å². The molecule has 4 amide bonds. The fourth-order valence-electron chi connectivity index (χ4n) is 3.57. The number of esters is 1. The van der Waals surface area contributed by atoms with E-state index in [0.717, 1.165) is 25.9 Å². The van der Waals surface area contributed by atoms with Crippen molar-refractivity contribution in [2.24, 2.45) is 23.1 Å². The molecule has 0 saturated carbocycles. The maximum atomic E-state index is 12.4. The van der Waals surface area contributed by atoms with Crippen molar-refractivity contribution in [3.8, 4) is 0 Å². The summed E-state index contributed by atoms with van der Waals surface area (Å²) in [7, 11) is 0. The van der Waals surface area contributed by atoms with Crippen LogP contribution in [0.15, 0.2) is 0 Å². The summed E-state index contributed by atoms with van der Waals surface area (Å²) < 4.78 is 5.64. The van der Waals surface area contributed by atoms with Crippen LogP contribution in [-0.4, -0.2) is 66.0 Å². The highest BCUT2D eigenvalue weighted by Crippen LogP contribution is 2.31. The molecule has 4 atom stereocenters. The van der Waals surface area contributed by atoms with Crippen LogP contribution in [0.3, 0.4) is 0 Å². The van der Waals surface area contributed by atoms with E-state index in [1.54, 1.807) is 6.26 Å². The highest BCUT2D eigenvalue weighted by Gasteiger charge is 2.39. The first-order valence-corrected chi connectivity index (χ1v) is 9.93. The molecule has 3 aliphatic rings. The summed E-state index contributed by atoms with van der Waals surface area (Å²) in [4.78, 5) is 36.8. The van der Waals surface area contributed by atoms with Crippen molar-refractivity contribution < 1.29 is 19.1 Å². The van der Waals surface area contributed by atoms with Gasteiger partial charge in [-0.3, -0.25) is 9.69 Å². The second-order valence-corrected chi connectivity index (χ2v) is 7.73. The number of piperidine rings is 1. The molecule has 3 aliphatic heterocycles. The van der Waals surface area contributed by atoms with Gasteiger partial charge in [0.15, 0.2) is 6.23 Å². The Balaban J connectivity index is 1.95. The molecule has 10 nitrogen and oxygen atoms in total. The number of nitrogens with two attached hydrogens (primary N) is 3. The van der Waals surface area contributed by atoms with Gasteiger partial charge in [-0.25, -0.2) is 9.59 Å². The molecule has 3 fully saturated rings. The Morgan fingerprint density at radius 1 is 1.23 bits per heavy atom. The largest absolute Gasteiger partial charge is 0.445 e. The van der Waals surface area contributed by atoms with Crippen molar-refractivity contribution in [3.63, 3.8) is 0 Å². The quantitative estimate of drug-likeness (QED) is 0.278. The molecule has 4 unspecified atom stereocenters. The second kappa shape index (κ2) is 9.28. The lowest BCUT2D eigenvalue weighted by atomic mass is 9.90. The summed E-state index contributed by atoms with van der Waals surface area (Å²) in [5.41, 5.74) is 16.3. The number of primary amides is 2. The number of hydrogen-bond acceptors (Lipinski definition) is 7. The Kier molecular flexibility index (Phi) is 7.35. The average Bonchev–Trinajstić information content (AvgIpc) is 2.82. The van der Waals surface area contributed by atoms with Gasteiger partial charge in [0.05, 0.1) is 5.37 Å². The standard InChI is InChI=1S/C15H28N6O4S/c1-26-11(20-15(18)24)6-9(16)13(22)25-12-7-10(19-14(17)23)8-2-4-21(12)5-3-8/h8-12H,2-7,16H2,1H3,(H3,17,19,23)(H3,18,20,24). The lowest BCUT2D eigenvalue weighted by Crippen LogP contribution is -2.47. The number of carbonyl (C=O) groups is 3. The Bertz CT molecular complexity index is 528. The molecule has 26 heavy (non-hydrogen) atoms. The fourth-order valence-corrected chi connectivity index (χ4v) is 4.21. The van der Waals surface area contributed by atoms with Crippen LogP contribution in [0.4, 0.5) is 9.59 Å². The minimum absolute atomic E-state index is 0.121. The van der Waals surface area contributed by atoms with E-state index < -0.39 is 30.3 Å². The summed E-state index contributed by atoms with van der Waals surface area (Å²) in [6.07, 6.45) is 3.87. The van der Waals surface area contributed by atoms with Gasteiger partial charge in [-0.15, -0.1) is 11.8 Å². The van der Waals surface area contributed by atoms with Crippen LogP contribution in [-0.2, 0) is 9.53 Å². The Labute approximate surface area is 156 Å². The number of carbonyl (C=O) groups excluding carboxylic acids is 3. The van der Waals surface area contributed by atoms with E-state index in [9.17, 15) is 14.4 Å². The minimum atomic E-state index is -0.886. The summed E-state index contributed by atoms with van der Waals surface area (Å²) in [5.74, 6) is -0.208. The SMILES string of the molecule is CSC(CC(N)C(=O)OC1CC(NC(N)=O)C2CCN1CC2)NC(N)=O. The van der Waals surface area contributed by atoms with Crippen LogP contribution in [0.5, 0.6) is 0 Å². The molecule has 0 aromatic rings. The van der Waals surface area contributed by atoms with Crippen molar-refractivity contribution in [1.82, 2.24) is 15.5 Å². The van der Waals surface area contributed by atoms with Crippen molar-refractivity contribution in [2.75, 3.05) is 19.3 Å². The molecule has 0 aromatic carbocycles. The molecule has 3 heterocycles. The molecular weight excluding hydrogens is 360 g/mol. The number of amides is 4. The first-order valence-electron chi connectivity index (χ1n) is 8.65. The van der Waals surface area contributed by atoms with Gasteiger partial charge < -0.3 is 32.6 Å². The first kappa shape index (κ1) is 20.6. The number of urea groups is 2. The lowest BCUT2D eigenvalue weighted by Gasteiger charge is -2.32.